The Morgan fingerprint density at radius 2 is 2.05 bits per heavy atom. The van der Waals surface area contributed by atoms with Crippen molar-refractivity contribution in [2.75, 3.05) is 19.7 Å². The number of unbranched alkanes of at least 4 members (excludes halogenated alkanes) is 2. The van der Waals surface area contributed by atoms with Gasteiger partial charge < -0.3 is 10.0 Å². The largest absolute Gasteiger partial charge is 0.395 e. The van der Waals surface area contributed by atoms with Crippen LogP contribution in [0.4, 0.5) is 0 Å². The third kappa shape index (κ3) is 4.97. The van der Waals surface area contributed by atoms with E-state index in [2.05, 4.69) is 11.9 Å². The number of aliphatic hydroxyl groups is 1. The third-order valence-electron chi connectivity index (χ3n) is 2.70. The monoisotopic (exact) mass is 304 g/mol. The maximum absolute atomic E-state index is 12.3. The lowest BCUT2D eigenvalue weighted by molar-refractivity contribution is 0.0713. The minimum absolute atomic E-state index is 0.0873. The normalized spacial score (nSPS) is 10.5. The molecular weight excluding hydrogens is 287 g/mol. The molecule has 0 unspecified atom stereocenters. The third-order valence-corrected chi connectivity index (χ3v) is 3.22. The van der Waals surface area contributed by atoms with Crippen molar-refractivity contribution in [1.29, 1.82) is 0 Å². The second-order valence-corrected chi connectivity index (χ2v) is 4.98. The molecule has 1 N–H and O–H groups in total. The van der Waals surface area contributed by atoms with Gasteiger partial charge >= 0.3 is 0 Å². The average Bonchev–Trinajstić information content (AvgIpc) is 2.40. The van der Waals surface area contributed by atoms with Gasteiger partial charge in [0, 0.05) is 13.1 Å². The summed E-state index contributed by atoms with van der Waals surface area (Å²) in [6.45, 7) is 2.86. The zero-order valence-electron chi connectivity index (χ0n) is 10.9. The summed E-state index contributed by atoms with van der Waals surface area (Å²) in [6.07, 6.45) is 2.99. The molecule has 4 nitrogen and oxygen atoms in total. The molecule has 1 amide bonds. The molecule has 0 aliphatic rings. The van der Waals surface area contributed by atoms with Crippen LogP contribution in [0.15, 0.2) is 12.1 Å². The quantitative estimate of drug-likeness (QED) is 0.622. The van der Waals surface area contributed by atoms with Crippen LogP contribution in [-0.4, -0.2) is 40.6 Å². The van der Waals surface area contributed by atoms with Crippen LogP contribution in [-0.2, 0) is 0 Å². The van der Waals surface area contributed by atoms with E-state index in [9.17, 15) is 4.79 Å². The maximum Gasteiger partial charge on any atom is 0.274 e. The first-order valence-corrected chi connectivity index (χ1v) is 7.08. The van der Waals surface area contributed by atoms with Crippen molar-refractivity contribution in [3.63, 3.8) is 0 Å². The number of nitrogens with zero attached hydrogens (tertiary/aromatic N) is 2. The number of aromatic nitrogens is 1. The van der Waals surface area contributed by atoms with E-state index >= 15 is 0 Å². The van der Waals surface area contributed by atoms with E-state index in [1.54, 1.807) is 11.0 Å². The molecule has 0 aromatic carbocycles. The highest BCUT2D eigenvalue weighted by atomic mass is 35.5. The minimum atomic E-state index is -0.294. The summed E-state index contributed by atoms with van der Waals surface area (Å²) in [5.74, 6) is -0.294. The Morgan fingerprint density at radius 3 is 2.68 bits per heavy atom. The van der Waals surface area contributed by atoms with Crippen molar-refractivity contribution in [3.05, 3.63) is 28.0 Å². The molecule has 1 aromatic rings. The van der Waals surface area contributed by atoms with E-state index in [0.717, 1.165) is 19.3 Å². The van der Waals surface area contributed by atoms with E-state index in [1.807, 2.05) is 0 Å². The molecule has 6 heteroatoms. The Morgan fingerprint density at radius 1 is 1.32 bits per heavy atom. The van der Waals surface area contributed by atoms with Crippen LogP contribution in [0.5, 0.6) is 0 Å². The van der Waals surface area contributed by atoms with Crippen LogP contribution >= 0.6 is 23.2 Å². The molecule has 0 bridgehead atoms. The lowest BCUT2D eigenvalue weighted by Gasteiger charge is -2.21. The fourth-order valence-electron chi connectivity index (χ4n) is 1.71. The Kier molecular flexibility index (Phi) is 7.13. The first kappa shape index (κ1) is 16.2. The van der Waals surface area contributed by atoms with Crippen LogP contribution in [0.1, 0.15) is 36.7 Å². The number of halogens is 2. The Labute approximate surface area is 123 Å². The van der Waals surface area contributed by atoms with Crippen molar-refractivity contribution < 1.29 is 9.90 Å². The molecule has 0 saturated heterocycles. The first-order valence-electron chi connectivity index (χ1n) is 6.32. The summed E-state index contributed by atoms with van der Waals surface area (Å²) >= 11 is 11.7. The molecule has 0 fully saturated rings. The van der Waals surface area contributed by atoms with Gasteiger partial charge in [0.15, 0.2) is 0 Å². The van der Waals surface area contributed by atoms with Gasteiger partial charge in [-0.05, 0) is 18.6 Å². The van der Waals surface area contributed by atoms with Crippen molar-refractivity contribution in [2.45, 2.75) is 26.2 Å². The van der Waals surface area contributed by atoms with E-state index in [1.165, 1.54) is 6.07 Å². The number of amides is 1. The average molecular weight is 305 g/mol. The van der Waals surface area contributed by atoms with Crippen LogP contribution < -0.4 is 0 Å². The number of hydrogen-bond acceptors (Lipinski definition) is 3. The molecule has 0 saturated carbocycles. The smallest absolute Gasteiger partial charge is 0.274 e. The maximum atomic E-state index is 12.3. The minimum Gasteiger partial charge on any atom is -0.395 e. The van der Waals surface area contributed by atoms with Gasteiger partial charge in [-0.25, -0.2) is 4.98 Å². The molecule has 0 aliphatic heterocycles. The lowest BCUT2D eigenvalue weighted by Crippen LogP contribution is -2.35. The van der Waals surface area contributed by atoms with Crippen LogP contribution in [0.25, 0.3) is 0 Å². The Balaban J connectivity index is 2.82. The SMILES string of the molecule is CCCCCN(CCO)C(=O)c1nc(Cl)ccc1Cl. The summed E-state index contributed by atoms with van der Waals surface area (Å²) in [6, 6.07) is 3.08. The predicted octanol–water partition coefficient (Wildman–Crippen LogP) is 3.01. The van der Waals surface area contributed by atoms with Gasteiger partial charge in [-0.15, -0.1) is 0 Å². The van der Waals surface area contributed by atoms with Gasteiger partial charge in [-0.3, -0.25) is 4.79 Å². The second-order valence-electron chi connectivity index (χ2n) is 4.19. The lowest BCUT2D eigenvalue weighted by atomic mass is 10.2. The van der Waals surface area contributed by atoms with Gasteiger partial charge in [0.05, 0.1) is 11.6 Å². The van der Waals surface area contributed by atoms with Crippen molar-refractivity contribution in [2.24, 2.45) is 0 Å². The number of carbonyl (C=O) groups excluding carboxylic acids is 1. The Bertz CT molecular complexity index is 427. The number of carbonyl (C=O) groups is 1. The molecule has 0 aliphatic carbocycles. The summed E-state index contributed by atoms with van der Waals surface area (Å²) < 4.78 is 0. The number of aliphatic hydroxyl groups excluding tert-OH is 1. The standard InChI is InChI=1S/C13H18Cl2N2O2/c1-2-3-4-7-17(8-9-18)13(19)12-10(14)5-6-11(15)16-12/h5-6,18H,2-4,7-9H2,1H3. The zero-order chi connectivity index (χ0) is 14.3. The highest BCUT2D eigenvalue weighted by molar-refractivity contribution is 6.34. The fraction of sp³-hybridized carbons (Fsp3) is 0.538. The van der Waals surface area contributed by atoms with Crippen LogP contribution in [0.2, 0.25) is 10.2 Å². The summed E-state index contributed by atoms with van der Waals surface area (Å²) in [5, 5.41) is 9.54. The highest BCUT2D eigenvalue weighted by Crippen LogP contribution is 2.18. The number of pyridine rings is 1. The van der Waals surface area contributed by atoms with E-state index in [4.69, 9.17) is 28.3 Å². The molecule has 1 aromatic heterocycles. The predicted molar refractivity (Wildman–Crippen MR) is 76.8 cm³/mol. The van der Waals surface area contributed by atoms with Gasteiger partial charge in [0.2, 0.25) is 0 Å². The summed E-state index contributed by atoms with van der Waals surface area (Å²) in [5.41, 5.74) is 0.138. The highest BCUT2D eigenvalue weighted by Gasteiger charge is 2.19. The van der Waals surface area contributed by atoms with E-state index < -0.39 is 0 Å². The molecule has 1 heterocycles. The van der Waals surface area contributed by atoms with Gasteiger partial charge in [0.25, 0.3) is 5.91 Å². The zero-order valence-corrected chi connectivity index (χ0v) is 12.4. The van der Waals surface area contributed by atoms with Crippen molar-refractivity contribution >= 4 is 29.1 Å². The summed E-state index contributed by atoms with van der Waals surface area (Å²) in [4.78, 5) is 17.8. The molecule has 106 valence electrons. The first-order chi connectivity index (χ1) is 9.10. The van der Waals surface area contributed by atoms with Crippen molar-refractivity contribution in [3.8, 4) is 0 Å². The fourth-order valence-corrected chi connectivity index (χ4v) is 2.04. The molecule has 0 spiro atoms. The topological polar surface area (TPSA) is 53.4 Å². The number of rotatable bonds is 7. The van der Waals surface area contributed by atoms with E-state index in [-0.39, 0.29) is 34.9 Å². The summed E-state index contributed by atoms with van der Waals surface area (Å²) in [7, 11) is 0. The van der Waals surface area contributed by atoms with Crippen LogP contribution in [0, 0.1) is 0 Å². The molecule has 19 heavy (non-hydrogen) atoms. The van der Waals surface area contributed by atoms with Gasteiger partial charge in [-0.2, -0.15) is 0 Å². The molecule has 0 radical (unpaired) electrons. The van der Waals surface area contributed by atoms with Gasteiger partial charge in [0.1, 0.15) is 10.8 Å². The van der Waals surface area contributed by atoms with Crippen molar-refractivity contribution in [1.82, 2.24) is 9.88 Å². The van der Waals surface area contributed by atoms with Gasteiger partial charge in [-0.1, -0.05) is 43.0 Å². The molecule has 1 rings (SSSR count). The van der Waals surface area contributed by atoms with Crippen LogP contribution in [0.3, 0.4) is 0 Å². The molecule has 0 atom stereocenters. The molecular formula is C13H18Cl2N2O2. The number of hydrogen-bond donors (Lipinski definition) is 1. The Hall–Kier alpha value is -0.840. The second kappa shape index (κ2) is 8.35. The van der Waals surface area contributed by atoms with E-state index in [0.29, 0.717) is 6.54 Å².